The molecule has 1 aliphatic heterocycles. The highest BCUT2D eigenvalue weighted by atomic mass is 16.5. The number of aromatic nitrogens is 1. The number of hydrogen-bond acceptors (Lipinski definition) is 3. The van der Waals surface area contributed by atoms with Crippen molar-refractivity contribution in [1.82, 2.24) is 9.88 Å². The first kappa shape index (κ1) is 15.7. The molecule has 0 spiro atoms. The van der Waals surface area contributed by atoms with Crippen molar-refractivity contribution in [3.05, 3.63) is 45.7 Å². The predicted octanol–water partition coefficient (Wildman–Crippen LogP) is 1.91. The molecule has 0 radical (unpaired) electrons. The molecule has 122 valence electrons. The van der Waals surface area contributed by atoms with E-state index in [1.165, 1.54) is 6.07 Å². The summed E-state index contributed by atoms with van der Waals surface area (Å²) >= 11 is 0. The van der Waals surface area contributed by atoms with E-state index in [0.29, 0.717) is 11.9 Å². The first-order valence-corrected chi connectivity index (χ1v) is 8.03. The Morgan fingerprint density at radius 1 is 1.39 bits per heavy atom. The molecular weight excluding hydrogens is 292 g/mol. The summed E-state index contributed by atoms with van der Waals surface area (Å²) in [7, 11) is 0. The van der Waals surface area contributed by atoms with Crippen LogP contribution in [0, 0.1) is 13.8 Å². The zero-order valence-electron chi connectivity index (χ0n) is 13.6. The van der Waals surface area contributed by atoms with Crippen LogP contribution in [0.25, 0.3) is 10.9 Å². The maximum absolute atomic E-state index is 12.2. The summed E-state index contributed by atoms with van der Waals surface area (Å²) < 4.78 is 7.34. The van der Waals surface area contributed by atoms with Crippen LogP contribution in [0.3, 0.4) is 0 Å². The third kappa shape index (κ3) is 3.45. The largest absolute Gasteiger partial charge is 0.376 e. The van der Waals surface area contributed by atoms with Crippen molar-refractivity contribution in [2.24, 2.45) is 0 Å². The molecule has 0 unspecified atom stereocenters. The fraction of sp³-hybridized carbons (Fsp3) is 0.444. The summed E-state index contributed by atoms with van der Waals surface area (Å²) in [5.41, 5.74) is 2.82. The third-order valence-electron chi connectivity index (χ3n) is 4.29. The molecule has 0 bridgehead atoms. The molecule has 1 amide bonds. The molecule has 1 N–H and O–H groups in total. The second kappa shape index (κ2) is 6.54. The van der Waals surface area contributed by atoms with Crippen molar-refractivity contribution in [3.8, 4) is 0 Å². The van der Waals surface area contributed by atoms with Crippen molar-refractivity contribution >= 4 is 16.8 Å². The van der Waals surface area contributed by atoms with Crippen LogP contribution in [0.1, 0.15) is 24.0 Å². The normalized spacial score (nSPS) is 17.6. The predicted molar refractivity (Wildman–Crippen MR) is 89.7 cm³/mol. The Bertz CT molecular complexity index is 789. The van der Waals surface area contributed by atoms with Gasteiger partial charge in [-0.3, -0.25) is 9.59 Å². The van der Waals surface area contributed by atoms with Gasteiger partial charge in [-0.25, -0.2) is 0 Å². The van der Waals surface area contributed by atoms with Gasteiger partial charge in [0.15, 0.2) is 5.43 Å². The first-order valence-electron chi connectivity index (χ1n) is 8.03. The van der Waals surface area contributed by atoms with E-state index in [-0.39, 0.29) is 24.0 Å². The topological polar surface area (TPSA) is 60.3 Å². The minimum atomic E-state index is -0.0652. The molecule has 1 atom stereocenters. The average molecular weight is 314 g/mol. The lowest BCUT2D eigenvalue weighted by Gasteiger charge is -2.14. The Kier molecular flexibility index (Phi) is 4.48. The number of hydrogen-bond donors (Lipinski definition) is 1. The van der Waals surface area contributed by atoms with Crippen LogP contribution in [0.4, 0.5) is 0 Å². The zero-order chi connectivity index (χ0) is 16.4. The first-order chi connectivity index (χ1) is 11.0. The van der Waals surface area contributed by atoms with E-state index < -0.39 is 0 Å². The van der Waals surface area contributed by atoms with E-state index in [0.717, 1.165) is 36.1 Å². The van der Waals surface area contributed by atoms with Crippen LogP contribution in [0.2, 0.25) is 0 Å². The Hall–Kier alpha value is -2.14. The van der Waals surface area contributed by atoms with Gasteiger partial charge in [-0.2, -0.15) is 0 Å². The van der Waals surface area contributed by atoms with Crippen molar-refractivity contribution in [2.45, 2.75) is 39.3 Å². The summed E-state index contributed by atoms with van der Waals surface area (Å²) in [4.78, 5) is 24.3. The van der Waals surface area contributed by atoms with Crippen LogP contribution in [0.15, 0.2) is 29.2 Å². The van der Waals surface area contributed by atoms with Crippen molar-refractivity contribution < 1.29 is 9.53 Å². The van der Waals surface area contributed by atoms with E-state index >= 15 is 0 Å². The highest BCUT2D eigenvalue weighted by molar-refractivity contribution is 5.85. The highest BCUT2D eigenvalue weighted by Crippen LogP contribution is 2.17. The molecule has 1 aromatic carbocycles. The molecule has 2 aromatic rings. The molecule has 3 rings (SSSR count). The number of pyridine rings is 1. The van der Waals surface area contributed by atoms with Gasteiger partial charge in [-0.1, -0.05) is 6.07 Å². The summed E-state index contributed by atoms with van der Waals surface area (Å²) in [5, 5.41) is 3.60. The molecule has 1 fully saturated rings. The smallest absolute Gasteiger partial charge is 0.240 e. The van der Waals surface area contributed by atoms with Crippen LogP contribution in [-0.2, 0) is 16.1 Å². The summed E-state index contributed by atoms with van der Waals surface area (Å²) in [6, 6.07) is 5.47. The molecule has 2 heterocycles. The van der Waals surface area contributed by atoms with Gasteiger partial charge in [0.1, 0.15) is 6.54 Å². The number of carbonyl (C=O) groups excluding carboxylic acids is 1. The van der Waals surface area contributed by atoms with E-state index in [1.807, 2.05) is 30.5 Å². The van der Waals surface area contributed by atoms with Gasteiger partial charge in [0, 0.05) is 30.8 Å². The Morgan fingerprint density at radius 2 is 2.22 bits per heavy atom. The fourth-order valence-electron chi connectivity index (χ4n) is 3.20. The molecule has 0 aliphatic carbocycles. The summed E-state index contributed by atoms with van der Waals surface area (Å²) in [5.74, 6) is -0.0652. The van der Waals surface area contributed by atoms with E-state index in [2.05, 4.69) is 5.32 Å². The number of nitrogens with one attached hydrogen (secondary N) is 1. The van der Waals surface area contributed by atoms with Crippen LogP contribution in [0.5, 0.6) is 0 Å². The lowest BCUT2D eigenvalue weighted by molar-refractivity contribution is -0.122. The molecule has 5 heteroatoms. The Balaban J connectivity index is 1.81. The number of rotatable bonds is 4. The van der Waals surface area contributed by atoms with Crippen molar-refractivity contribution in [1.29, 1.82) is 0 Å². The minimum absolute atomic E-state index is 0.00601. The fourth-order valence-corrected chi connectivity index (χ4v) is 3.20. The summed E-state index contributed by atoms with van der Waals surface area (Å²) in [6.45, 7) is 5.45. The van der Waals surface area contributed by atoms with Crippen molar-refractivity contribution in [2.75, 3.05) is 13.2 Å². The second-order valence-electron chi connectivity index (χ2n) is 6.22. The van der Waals surface area contributed by atoms with Gasteiger partial charge >= 0.3 is 0 Å². The van der Waals surface area contributed by atoms with Crippen LogP contribution >= 0.6 is 0 Å². The van der Waals surface area contributed by atoms with Gasteiger partial charge in [-0.15, -0.1) is 0 Å². The number of aryl methyl sites for hydroxylation is 2. The quantitative estimate of drug-likeness (QED) is 0.938. The maximum Gasteiger partial charge on any atom is 0.240 e. The van der Waals surface area contributed by atoms with Gasteiger partial charge in [0.05, 0.1) is 11.6 Å². The van der Waals surface area contributed by atoms with E-state index in [1.54, 1.807) is 6.20 Å². The second-order valence-corrected chi connectivity index (χ2v) is 6.22. The number of nitrogens with zero attached hydrogens (tertiary/aromatic N) is 1. The lowest BCUT2D eigenvalue weighted by Crippen LogP contribution is -2.34. The van der Waals surface area contributed by atoms with E-state index in [9.17, 15) is 9.59 Å². The number of fused-ring (bicyclic) bond motifs is 1. The van der Waals surface area contributed by atoms with Gasteiger partial charge in [0.2, 0.25) is 5.91 Å². The van der Waals surface area contributed by atoms with E-state index in [4.69, 9.17) is 4.74 Å². The van der Waals surface area contributed by atoms with Crippen LogP contribution in [-0.4, -0.2) is 29.7 Å². The third-order valence-corrected chi connectivity index (χ3v) is 4.29. The average Bonchev–Trinajstić information content (AvgIpc) is 3.01. The number of carbonyl (C=O) groups is 1. The molecule has 23 heavy (non-hydrogen) atoms. The number of ether oxygens (including phenoxy) is 1. The maximum atomic E-state index is 12.2. The molecular formula is C18H22N2O3. The Morgan fingerprint density at radius 3 is 2.96 bits per heavy atom. The standard InChI is InChI=1S/C18H22N2O3/c1-12-8-13(2)18-15(9-12)20(6-5-16(18)21)11-17(22)19-10-14-4-3-7-23-14/h5-6,8-9,14H,3-4,7,10-11H2,1-2H3,(H,19,22)/t14-/m1/s1. The minimum Gasteiger partial charge on any atom is -0.376 e. The monoisotopic (exact) mass is 314 g/mol. The molecule has 5 nitrogen and oxygen atoms in total. The SMILES string of the molecule is Cc1cc(C)c2c(=O)ccn(CC(=O)NC[C@H]3CCCO3)c2c1. The highest BCUT2D eigenvalue weighted by Gasteiger charge is 2.16. The summed E-state index contributed by atoms with van der Waals surface area (Å²) in [6.07, 6.45) is 3.88. The molecule has 0 saturated carbocycles. The molecule has 1 aromatic heterocycles. The van der Waals surface area contributed by atoms with Gasteiger partial charge < -0.3 is 14.6 Å². The Labute approximate surface area is 135 Å². The van der Waals surface area contributed by atoms with Crippen LogP contribution < -0.4 is 10.7 Å². The lowest BCUT2D eigenvalue weighted by atomic mass is 10.1. The number of amides is 1. The van der Waals surface area contributed by atoms with Gasteiger partial charge in [-0.05, 0) is 43.9 Å². The van der Waals surface area contributed by atoms with Gasteiger partial charge in [0.25, 0.3) is 0 Å². The molecule has 1 saturated heterocycles. The number of benzene rings is 1. The van der Waals surface area contributed by atoms with Crippen molar-refractivity contribution in [3.63, 3.8) is 0 Å². The zero-order valence-corrected chi connectivity index (χ0v) is 13.6. The molecule has 1 aliphatic rings.